The van der Waals surface area contributed by atoms with Crippen molar-refractivity contribution in [3.05, 3.63) is 65.2 Å². The number of hydrogen-bond donors (Lipinski definition) is 1. The first-order valence-corrected chi connectivity index (χ1v) is 11.0. The minimum atomic E-state index is -0.0977. The lowest BCUT2D eigenvalue weighted by atomic mass is 9.87. The van der Waals surface area contributed by atoms with Crippen molar-refractivity contribution in [3.8, 4) is 0 Å². The Labute approximate surface area is 185 Å². The molecule has 0 aliphatic carbocycles. The Bertz CT molecular complexity index is 1090. The second-order valence-corrected chi connectivity index (χ2v) is 9.60. The number of carbonyl (C=O) groups excluding carboxylic acids is 1. The molecule has 0 spiro atoms. The molecule has 1 N–H and O–H groups in total. The van der Waals surface area contributed by atoms with Crippen molar-refractivity contribution in [2.45, 2.75) is 33.1 Å². The smallest absolute Gasteiger partial charge is 0.255 e. The van der Waals surface area contributed by atoms with Crippen molar-refractivity contribution in [2.24, 2.45) is 0 Å². The highest BCUT2D eigenvalue weighted by Gasteiger charge is 2.17. The van der Waals surface area contributed by atoms with Gasteiger partial charge in [0, 0.05) is 42.8 Å². The van der Waals surface area contributed by atoms with E-state index in [1.54, 1.807) is 0 Å². The van der Waals surface area contributed by atoms with Gasteiger partial charge in [0.05, 0.1) is 5.52 Å². The summed E-state index contributed by atoms with van der Waals surface area (Å²) in [6.07, 6.45) is 0. The van der Waals surface area contributed by atoms with E-state index in [1.807, 2.05) is 42.5 Å². The summed E-state index contributed by atoms with van der Waals surface area (Å²) in [6.45, 7) is 12.7. The summed E-state index contributed by atoms with van der Waals surface area (Å²) in [6, 6.07) is 16.0. The zero-order valence-electron chi connectivity index (χ0n) is 19.2. The quantitative estimate of drug-likeness (QED) is 0.663. The number of hydrogen-bond acceptors (Lipinski definition) is 4. The van der Waals surface area contributed by atoms with E-state index < -0.39 is 0 Å². The van der Waals surface area contributed by atoms with Crippen LogP contribution in [-0.4, -0.2) is 49.0 Å². The van der Waals surface area contributed by atoms with Gasteiger partial charge in [-0.05, 0) is 66.9 Å². The van der Waals surface area contributed by atoms with E-state index in [9.17, 15) is 4.79 Å². The third-order valence-corrected chi connectivity index (χ3v) is 6.10. The van der Waals surface area contributed by atoms with Gasteiger partial charge in [-0.25, -0.2) is 4.98 Å². The van der Waals surface area contributed by atoms with Gasteiger partial charge in [-0.1, -0.05) is 32.9 Å². The monoisotopic (exact) mass is 416 g/mol. The van der Waals surface area contributed by atoms with Crippen LogP contribution in [0.3, 0.4) is 0 Å². The van der Waals surface area contributed by atoms with E-state index in [0.717, 1.165) is 48.6 Å². The molecule has 1 aliphatic rings. The molecule has 2 aromatic carbocycles. The van der Waals surface area contributed by atoms with Gasteiger partial charge in [0.2, 0.25) is 0 Å². The molecule has 1 fully saturated rings. The van der Waals surface area contributed by atoms with Gasteiger partial charge in [-0.3, -0.25) is 4.79 Å². The number of pyridine rings is 1. The van der Waals surface area contributed by atoms with Crippen molar-refractivity contribution in [2.75, 3.05) is 43.4 Å². The lowest BCUT2D eigenvalue weighted by Gasteiger charge is -2.33. The van der Waals surface area contributed by atoms with Gasteiger partial charge in [0.25, 0.3) is 5.91 Å². The van der Waals surface area contributed by atoms with Crippen LogP contribution in [0.4, 0.5) is 11.5 Å². The van der Waals surface area contributed by atoms with Crippen LogP contribution in [0.1, 0.15) is 42.3 Å². The Kier molecular flexibility index (Phi) is 5.71. The fraction of sp³-hybridized carbons (Fsp3) is 0.385. The number of benzene rings is 2. The molecule has 162 valence electrons. The number of fused-ring (bicyclic) bond motifs is 1. The summed E-state index contributed by atoms with van der Waals surface area (Å²) < 4.78 is 0. The number of piperazine rings is 1. The summed E-state index contributed by atoms with van der Waals surface area (Å²) in [5.41, 5.74) is 4.86. The third-order valence-electron chi connectivity index (χ3n) is 6.10. The van der Waals surface area contributed by atoms with Crippen LogP contribution in [0.25, 0.3) is 10.9 Å². The maximum absolute atomic E-state index is 12.7. The van der Waals surface area contributed by atoms with E-state index in [4.69, 9.17) is 4.98 Å². The molecule has 0 atom stereocenters. The largest absolute Gasteiger partial charge is 0.354 e. The summed E-state index contributed by atoms with van der Waals surface area (Å²) in [5, 5.41) is 4.10. The van der Waals surface area contributed by atoms with Crippen molar-refractivity contribution >= 4 is 28.3 Å². The maximum atomic E-state index is 12.7. The number of likely N-dealkylation sites (N-methyl/N-ethyl adjacent to an activating group) is 1. The van der Waals surface area contributed by atoms with Gasteiger partial charge in [0.1, 0.15) is 5.82 Å². The minimum Gasteiger partial charge on any atom is -0.354 e. The molecule has 1 amide bonds. The van der Waals surface area contributed by atoms with E-state index >= 15 is 0 Å². The zero-order chi connectivity index (χ0) is 22.2. The fourth-order valence-electron chi connectivity index (χ4n) is 3.98. The van der Waals surface area contributed by atoms with Crippen LogP contribution in [-0.2, 0) is 5.41 Å². The second kappa shape index (κ2) is 8.31. The molecule has 0 bridgehead atoms. The highest BCUT2D eigenvalue weighted by atomic mass is 16.1. The van der Waals surface area contributed by atoms with Gasteiger partial charge < -0.3 is 15.1 Å². The van der Waals surface area contributed by atoms with E-state index in [2.05, 4.69) is 55.9 Å². The predicted octanol–water partition coefficient (Wildman–Crippen LogP) is 4.84. The first-order valence-electron chi connectivity index (χ1n) is 11.0. The molecular formula is C26H32N4O. The summed E-state index contributed by atoms with van der Waals surface area (Å²) >= 11 is 0. The van der Waals surface area contributed by atoms with E-state index in [0.29, 0.717) is 5.56 Å². The van der Waals surface area contributed by atoms with Gasteiger partial charge in [0.15, 0.2) is 0 Å². The molecule has 5 heteroatoms. The number of amides is 1. The molecule has 1 saturated heterocycles. The Balaban J connectivity index is 1.53. The number of nitrogens with one attached hydrogen (secondary N) is 1. The number of rotatable bonds is 3. The Hall–Kier alpha value is -2.92. The molecule has 4 rings (SSSR count). The number of aromatic nitrogens is 1. The molecule has 1 aliphatic heterocycles. The molecule has 3 aromatic rings. The molecule has 2 heterocycles. The van der Waals surface area contributed by atoms with Crippen LogP contribution in [0.5, 0.6) is 0 Å². The first-order chi connectivity index (χ1) is 14.7. The lowest BCUT2D eigenvalue weighted by Crippen LogP contribution is -2.44. The van der Waals surface area contributed by atoms with Crippen molar-refractivity contribution in [3.63, 3.8) is 0 Å². The number of carbonyl (C=O) groups is 1. The lowest BCUT2D eigenvalue weighted by molar-refractivity contribution is 0.102. The van der Waals surface area contributed by atoms with Crippen LogP contribution in [0, 0.1) is 6.92 Å². The van der Waals surface area contributed by atoms with Crippen LogP contribution < -0.4 is 10.2 Å². The Morgan fingerprint density at radius 1 is 0.968 bits per heavy atom. The molecule has 31 heavy (non-hydrogen) atoms. The summed E-state index contributed by atoms with van der Waals surface area (Å²) in [5.74, 6) is 0.938. The van der Waals surface area contributed by atoms with E-state index in [1.165, 1.54) is 11.1 Å². The maximum Gasteiger partial charge on any atom is 0.255 e. The summed E-state index contributed by atoms with van der Waals surface area (Å²) in [4.78, 5) is 22.3. The average Bonchev–Trinajstić information content (AvgIpc) is 2.74. The SMILES string of the molecule is Cc1cc(N2CCN(C)CC2)nc2ccc(NC(=O)c3ccc(C(C)(C)C)cc3)cc12. The topological polar surface area (TPSA) is 48.5 Å². The highest BCUT2D eigenvalue weighted by molar-refractivity contribution is 6.05. The second-order valence-electron chi connectivity index (χ2n) is 9.60. The Morgan fingerprint density at radius 3 is 2.29 bits per heavy atom. The van der Waals surface area contributed by atoms with Crippen LogP contribution in [0.2, 0.25) is 0 Å². The molecular weight excluding hydrogens is 384 g/mol. The van der Waals surface area contributed by atoms with Crippen molar-refractivity contribution in [1.82, 2.24) is 9.88 Å². The van der Waals surface area contributed by atoms with Crippen LogP contribution in [0.15, 0.2) is 48.5 Å². The first kappa shape index (κ1) is 21.3. The van der Waals surface area contributed by atoms with Gasteiger partial charge in [-0.15, -0.1) is 0 Å². The van der Waals surface area contributed by atoms with Crippen LogP contribution >= 0.6 is 0 Å². The normalized spacial score (nSPS) is 15.3. The predicted molar refractivity (Wildman–Crippen MR) is 129 cm³/mol. The van der Waals surface area contributed by atoms with Crippen molar-refractivity contribution in [1.29, 1.82) is 0 Å². The van der Waals surface area contributed by atoms with E-state index in [-0.39, 0.29) is 11.3 Å². The minimum absolute atomic E-state index is 0.0703. The summed E-state index contributed by atoms with van der Waals surface area (Å²) in [7, 11) is 2.16. The van der Waals surface area contributed by atoms with Crippen molar-refractivity contribution < 1.29 is 4.79 Å². The molecule has 5 nitrogen and oxygen atoms in total. The Morgan fingerprint density at radius 2 is 1.65 bits per heavy atom. The molecule has 0 saturated carbocycles. The molecule has 0 unspecified atom stereocenters. The standard InChI is InChI=1S/C26H32N4O/c1-18-16-24(30-14-12-29(5)13-15-30)28-23-11-10-21(17-22(18)23)27-25(31)19-6-8-20(9-7-19)26(2,3)4/h6-11,16-17H,12-15H2,1-5H3,(H,27,31). The highest BCUT2D eigenvalue weighted by Crippen LogP contribution is 2.27. The van der Waals surface area contributed by atoms with Gasteiger partial charge >= 0.3 is 0 Å². The third kappa shape index (κ3) is 4.72. The number of anilines is 2. The van der Waals surface area contributed by atoms with Gasteiger partial charge in [-0.2, -0.15) is 0 Å². The average molecular weight is 417 g/mol. The number of aryl methyl sites for hydroxylation is 1. The zero-order valence-corrected chi connectivity index (χ0v) is 19.2. The fourth-order valence-corrected chi connectivity index (χ4v) is 3.98. The number of nitrogens with zero attached hydrogens (tertiary/aromatic N) is 3. The molecule has 0 radical (unpaired) electrons. The molecule has 1 aromatic heterocycles.